The molecular formula is C13H14O5. The number of hydrogen-bond acceptors (Lipinski definition) is 4. The highest BCUT2D eigenvalue weighted by Crippen LogP contribution is 2.40. The standard InChI is InChI=1S/C13H14O5/c1-8(13(14)15)5-9-6-10(16-2)12-11(7-9)17-3-4-18-12/h5-7H,3-4H2,1-2H3,(H,14,15)/b8-5+. The topological polar surface area (TPSA) is 65.0 Å². The number of methoxy groups -OCH3 is 1. The van der Waals surface area contributed by atoms with E-state index in [4.69, 9.17) is 19.3 Å². The van der Waals surface area contributed by atoms with Crippen molar-refractivity contribution in [2.45, 2.75) is 6.92 Å². The summed E-state index contributed by atoms with van der Waals surface area (Å²) in [7, 11) is 1.53. The molecule has 5 nitrogen and oxygen atoms in total. The normalized spacial score (nSPS) is 14.2. The van der Waals surface area contributed by atoms with Gasteiger partial charge < -0.3 is 19.3 Å². The summed E-state index contributed by atoms with van der Waals surface area (Å²) in [6.07, 6.45) is 1.56. The van der Waals surface area contributed by atoms with Crippen LogP contribution in [0.4, 0.5) is 0 Å². The van der Waals surface area contributed by atoms with Crippen molar-refractivity contribution in [3.05, 3.63) is 23.3 Å². The van der Waals surface area contributed by atoms with Gasteiger partial charge in [-0.1, -0.05) is 0 Å². The molecule has 1 aliphatic heterocycles. The van der Waals surface area contributed by atoms with Gasteiger partial charge in [0, 0.05) is 5.57 Å². The second-order valence-corrected chi connectivity index (χ2v) is 3.88. The Kier molecular flexibility index (Phi) is 3.41. The van der Waals surface area contributed by atoms with Gasteiger partial charge in [-0.05, 0) is 30.7 Å². The molecule has 0 fully saturated rings. The van der Waals surface area contributed by atoms with Crippen LogP contribution in [-0.4, -0.2) is 31.4 Å². The van der Waals surface area contributed by atoms with E-state index in [1.54, 1.807) is 18.2 Å². The summed E-state index contributed by atoms with van der Waals surface area (Å²) in [6.45, 7) is 2.49. The summed E-state index contributed by atoms with van der Waals surface area (Å²) in [4.78, 5) is 10.8. The molecule has 0 saturated carbocycles. The van der Waals surface area contributed by atoms with Crippen LogP contribution in [0, 0.1) is 0 Å². The van der Waals surface area contributed by atoms with Crippen LogP contribution in [0.5, 0.6) is 17.2 Å². The largest absolute Gasteiger partial charge is 0.493 e. The molecule has 1 aromatic carbocycles. The average molecular weight is 250 g/mol. The van der Waals surface area contributed by atoms with Crippen LogP contribution >= 0.6 is 0 Å². The third-order valence-corrected chi connectivity index (χ3v) is 2.57. The van der Waals surface area contributed by atoms with Crippen LogP contribution in [0.25, 0.3) is 6.08 Å². The van der Waals surface area contributed by atoms with Crippen LogP contribution in [0.2, 0.25) is 0 Å². The van der Waals surface area contributed by atoms with E-state index < -0.39 is 5.97 Å². The van der Waals surface area contributed by atoms with Crippen molar-refractivity contribution in [3.63, 3.8) is 0 Å². The molecule has 1 N–H and O–H groups in total. The van der Waals surface area contributed by atoms with Crippen LogP contribution in [0.15, 0.2) is 17.7 Å². The van der Waals surface area contributed by atoms with Crippen molar-refractivity contribution in [1.82, 2.24) is 0 Å². The third-order valence-electron chi connectivity index (χ3n) is 2.57. The maximum absolute atomic E-state index is 10.8. The van der Waals surface area contributed by atoms with Crippen LogP contribution in [0.1, 0.15) is 12.5 Å². The number of hydrogen-bond donors (Lipinski definition) is 1. The Balaban J connectivity index is 2.44. The van der Waals surface area contributed by atoms with Gasteiger partial charge in [0.05, 0.1) is 7.11 Å². The van der Waals surface area contributed by atoms with E-state index in [2.05, 4.69) is 0 Å². The molecular weight excluding hydrogens is 236 g/mol. The summed E-state index contributed by atoms with van der Waals surface area (Å²) in [5, 5.41) is 8.85. The van der Waals surface area contributed by atoms with Gasteiger partial charge in [0.25, 0.3) is 0 Å². The van der Waals surface area contributed by atoms with Gasteiger partial charge in [0.1, 0.15) is 13.2 Å². The molecule has 2 rings (SSSR count). The van der Waals surface area contributed by atoms with E-state index in [0.717, 1.165) is 0 Å². The van der Waals surface area contributed by atoms with Crippen LogP contribution in [0.3, 0.4) is 0 Å². The van der Waals surface area contributed by atoms with Gasteiger partial charge in [-0.25, -0.2) is 4.79 Å². The first-order chi connectivity index (χ1) is 8.61. The molecule has 0 saturated heterocycles. The molecule has 18 heavy (non-hydrogen) atoms. The number of benzene rings is 1. The third kappa shape index (κ3) is 2.40. The van der Waals surface area contributed by atoms with Crippen molar-refractivity contribution in [2.75, 3.05) is 20.3 Å². The van der Waals surface area contributed by atoms with Crippen LogP contribution < -0.4 is 14.2 Å². The van der Waals surface area contributed by atoms with Gasteiger partial charge in [-0.2, -0.15) is 0 Å². The zero-order valence-electron chi connectivity index (χ0n) is 10.2. The molecule has 0 spiro atoms. The van der Waals surface area contributed by atoms with Gasteiger partial charge in [0.2, 0.25) is 5.75 Å². The van der Waals surface area contributed by atoms with Gasteiger partial charge in [-0.3, -0.25) is 0 Å². The molecule has 5 heteroatoms. The maximum Gasteiger partial charge on any atom is 0.331 e. The minimum absolute atomic E-state index is 0.244. The highest BCUT2D eigenvalue weighted by Gasteiger charge is 2.18. The Morgan fingerprint density at radius 1 is 1.39 bits per heavy atom. The Bertz CT molecular complexity index is 487. The molecule has 0 atom stereocenters. The Morgan fingerprint density at radius 2 is 2.11 bits per heavy atom. The van der Waals surface area contributed by atoms with Gasteiger partial charge in [0.15, 0.2) is 11.5 Å². The molecule has 1 aliphatic rings. The Morgan fingerprint density at radius 3 is 2.78 bits per heavy atom. The lowest BCUT2D eigenvalue weighted by Crippen LogP contribution is -2.16. The summed E-state index contributed by atoms with van der Waals surface area (Å²) >= 11 is 0. The lowest BCUT2D eigenvalue weighted by molar-refractivity contribution is -0.132. The second-order valence-electron chi connectivity index (χ2n) is 3.88. The highest BCUT2D eigenvalue weighted by molar-refractivity contribution is 5.91. The summed E-state index contributed by atoms with van der Waals surface area (Å²) in [6, 6.07) is 3.46. The smallest absolute Gasteiger partial charge is 0.331 e. The molecule has 0 aliphatic carbocycles. The zero-order valence-corrected chi connectivity index (χ0v) is 10.2. The van der Waals surface area contributed by atoms with Crippen molar-refractivity contribution in [2.24, 2.45) is 0 Å². The molecule has 1 aromatic rings. The summed E-state index contributed by atoms with van der Waals surface area (Å²) < 4.78 is 16.1. The first-order valence-corrected chi connectivity index (χ1v) is 5.51. The predicted molar refractivity (Wildman–Crippen MR) is 65.3 cm³/mol. The molecule has 0 unspecified atom stereocenters. The molecule has 0 bridgehead atoms. The number of carboxylic acids is 1. The minimum atomic E-state index is -0.955. The number of carboxylic acid groups (broad SMARTS) is 1. The van der Waals surface area contributed by atoms with E-state index >= 15 is 0 Å². The lowest BCUT2D eigenvalue weighted by Gasteiger charge is -2.21. The SMILES string of the molecule is COc1cc(/C=C(\C)C(=O)O)cc2c1OCCO2. The lowest BCUT2D eigenvalue weighted by atomic mass is 10.1. The van der Waals surface area contributed by atoms with E-state index in [0.29, 0.717) is 36.0 Å². The molecule has 1 heterocycles. The fourth-order valence-electron chi connectivity index (χ4n) is 1.69. The Hall–Kier alpha value is -2.17. The minimum Gasteiger partial charge on any atom is -0.493 e. The first-order valence-electron chi connectivity index (χ1n) is 5.51. The first kappa shape index (κ1) is 12.3. The number of rotatable bonds is 3. The average Bonchev–Trinajstić information content (AvgIpc) is 2.37. The maximum atomic E-state index is 10.8. The number of carbonyl (C=O) groups is 1. The number of ether oxygens (including phenoxy) is 3. The second kappa shape index (κ2) is 5.00. The predicted octanol–water partition coefficient (Wildman–Crippen LogP) is 1.95. The van der Waals surface area contributed by atoms with Crippen LogP contribution in [-0.2, 0) is 4.79 Å². The van der Waals surface area contributed by atoms with Crippen molar-refractivity contribution >= 4 is 12.0 Å². The fraction of sp³-hybridized carbons (Fsp3) is 0.308. The number of aliphatic carboxylic acids is 1. The molecule has 0 amide bonds. The van der Waals surface area contributed by atoms with E-state index in [1.807, 2.05) is 0 Å². The highest BCUT2D eigenvalue weighted by atomic mass is 16.6. The quantitative estimate of drug-likeness (QED) is 0.831. The summed E-state index contributed by atoms with van der Waals surface area (Å²) in [5.41, 5.74) is 0.949. The number of fused-ring (bicyclic) bond motifs is 1. The molecule has 0 aromatic heterocycles. The van der Waals surface area contributed by atoms with Crippen molar-refractivity contribution in [3.8, 4) is 17.2 Å². The van der Waals surface area contributed by atoms with Crippen molar-refractivity contribution in [1.29, 1.82) is 0 Å². The van der Waals surface area contributed by atoms with E-state index in [1.165, 1.54) is 14.0 Å². The molecule has 0 radical (unpaired) electrons. The van der Waals surface area contributed by atoms with E-state index in [-0.39, 0.29) is 5.57 Å². The fourth-order valence-corrected chi connectivity index (χ4v) is 1.69. The molecule has 96 valence electrons. The van der Waals surface area contributed by atoms with Gasteiger partial charge >= 0.3 is 5.97 Å². The van der Waals surface area contributed by atoms with E-state index in [9.17, 15) is 4.79 Å². The van der Waals surface area contributed by atoms with Crippen molar-refractivity contribution < 1.29 is 24.1 Å². The Labute approximate surface area is 105 Å². The monoisotopic (exact) mass is 250 g/mol. The zero-order chi connectivity index (χ0) is 13.1. The van der Waals surface area contributed by atoms with Gasteiger partial charge in [-0.15, -0.1) is 0 Å². The summed E-state index contributed by atoms with van der Waals surface area (Å²) in [5.74, 6) is 0.722.